The second-order valence-electron chi connectivity index (χ2n) is 5.10. The zero-order valence-electron chi connectivity index (χ0n) is 11.4. The Morgan fingerprint density at radius 1 is 1.43 bits per heavy atom. The highest BCUT2D eigenvalue weighted by molar-refractivity contribution is 6.49. The molecule has 1 saturated heterocycles. The van der Waals surface area contributed by atoms with E-state index in [-0.39, 0.29) is 23.1 Å². The predicted molar refractivity (Wildman–Crippen MR) is 82.5 cm³/mol. The second kappa shape index (κ2) is 5.12. The Labute approximate surface area is 136 Å². The minimum Gasteiger partial charge on any atom is -0.368 e. The van der Waals surface area contributed by atoms with Crippen molar-refractivity contribution in [2.75, 3.05) is 5.73 Å². The van der Waals surface area contributed by atoms with Crippen LogP contribution in [-0.2, 0) is 4.74 Å². The summed E-state index contributed by atoms with van der Waals surface area (Å²) >= 11 is 19.1. The first-order chi connectivity index (χ1) is 9.86. The van der Waals surface area contributed by atoms with Crippen LogP contribution in [0.3, 0.4) is 0 Å². The SMILES string of the molecule is CC[C@H]1O[C@H](n2cnc3c(Cl)nc(N)nc32)C(Cl)(Cl)[C@@H]1C. The molecular formula is C12H14Cl3N5O. The lowest BCUT2D eigenvalue weighted by Gasteiger charge is -2.24. The zero-order chi connectivity index (χ0) is 15.4. The van der Waals surface area contributed by atoms with Crippen LogP contribution in [0.15, 0.2) is 6.33 Å². The Morgan fingerprint density at radius 2 is 2.14 bits per heavy atom. The number of ether oxygens (including phenoxy) is 1. The van der Waals surface area contributed by atoms with Gasteiger partial charge in [0.1, 0.15) is 5.52 Å². The molecule has 3 rings (SSSR count). The smallest absolute Gasteiger partial charge is 0.223 e. The van der Waals surface area contributed by atoms with Gasteiger partial charge in [-0.3, -0.25) is 4.57 Å². The lowest BCUT2D eigenvalue weighted by molar-refractivity contribution is -0.00464. The van der Waals surface area contributed by atoms with Gasteiger partial charge in [-0.15, -0.1) is 0 Å². The average Bonchev–Trinajstić information content (AvgIpc) is 2.91. The molecule has 0 aliphatic carbocycles. The van der Waals surface area contributed by atoms with E-state index in [1.807, 2.05) is 13.8 Å². The van der Waals surface area contributed by atoms with Crippen molar-refractivity contribution >= 4 is 51.9 Å². The van der Waals surface area contributed by atoms with Crippen molar-refractivity contribution in [1.82, 2.24) is 19.5 Å². The molecule has 114 valence electrons. The van der Waals surface area contributed by atoms with Crippen LogP contribution < -0.4 is 5.73 Å². The highest BCUT2D eigenvalue weighted by atomic mass is 35.5. The number of hydrogen-bond acceptors (Lipinski definition) is 5. The van der Waals surface area contributed by atoms with E-state index in [4.69, 9.17) is 45.3 Å². The van der Waals surface area contributed by atoms with Crippen LogP contribution in [0.2, 0.25) is 5.15 Å². The van der Waals surface area contributed by atoms with E-state index in [0.29, 0.717) is 11.2 Å². The topological polar surface area (TPSA) is 78.8 Å². The second-order valence-corrected chi connectivity index (χ2v) is 6.90. The van der Waals surface area contributed by atoms with E-state index in [9.17, 15) is 0 Å². The van der Waals surface area contributed by atoms with Gasteiger partial charge in [0.25, 0.3) is 0 Å². The van der Waals surface area contributed by atoms with E-state index < -0.39 is 10.6 Å². The van der Waals surface area contributed by atoms with Crippen LogP contribution in [0.4, 0.5) is 5.95 Å². The first-order valence-corrected chi connectivity index (χ1v) is 7.68. The number of alkyl halides is 2. The summed E-state index contributed by atoms with van der Waals surface area (Å²) in [4.78, 5) is 12.2. The average molecular weight is 351 g/mol. The number of halogens is 3. The van der Waals surface area contributed by atoms with E-state index in [0.717, 1.165) is 6.42 Å². The predicted octanol–water partition coefficient (Wildman–Crippen LogP) is 3.18. The van der Waals surface area contributed by atoms with Gasteiger partial charge in [0, 0.05) is 5.92 Å². The number of fused-ring (bicyclic) bond motifs is 1. The van der Waals surface area contributed by atoms with Gasteiger partial charge in [0.15, 0.2) is 21.4 Å². The summed E-state index contributed by atoms with van der Waals surface area (Å²) < 4.78 is 6.55. The number of imidazole rings is 1. The highest BCUT2D eigenvalue weighted by Gasteiger charge is 2.53. The monoisotopic (exact) mass is 349 g/mol. The molecule has 2 aromatic heterocycles. The maximum Gasteiger partial charge on any atom is 0.223 e. The molecule has 0 amide bonds. The molecule has 6 nitrogen and oxygen atoms in total. The fourth-order valence-electron chi connectivity index (χ4n) is 2.62. The van der Waals surface area contributed by atoms with Crippen molar-refractivity contribution in [3.05, 3.63) is 11.5 Å². The Kier molecular flexibility index (Phi) is 3.68. The van der Waals surface area contributed by atoms with Gasteiger partial charge < -0.3 is 10.5 Å². The molecule has 0 unspecified atom stereocenters. The van der Waals surface area contributed by atoms with Crippen LogP contribution in [0.25, 0.3) is 11.2 Å². The minimum absolute atomic E-state index is 0.0389. The van der Waals surface area contributed by atoms with Gasteiger partial charge in [-0.05, 0) is 6.42 Å². The van der Waals surface area contributed by atoms with Crippen molar-refractivity contribution < 1.29 is 4.74 Å². The van der Waals surface area contributed by atoms with Gasteiger partial charge in [-0.1, -0.05) is 48.7 Å². The van der Waals surface area contributed by atoms with Crippen LogP contribution in [0, 0.1) is 5.92 Å². The Bertz CT molecular complexity index is 689. The van der Waals surface area contributed by atoms with Gasteiger partial charge in [0.05, 0.1) is 12.4 Å². The Hall–Kier alpha value is -0.820. The zero-order valence-corrected chi connectivity index (χ0v) is 13.7. The molecule has 3 atom stereocenters. The van der Waals surface area contributed by atoms with E-state index in [1.165, 1.54) is 0 Å². The fraction of sp³-hybridized carbons (Fsp3) is 0.583. The van der Waals surface area contributed by atoms with E-state index in [1.54, 1.807) is 10.9 Å². The third-order valence-electron chi connectivity index (χ3n) is 3.85. The molecule has 0 radical (unpaired) electrons. The van der Waals surface area contributed by atoms with Gasteiger partial charge in [-0.25, -0.2) is 4.98 Å². The summed E-state index contributed by atoms with van der Waals surface area (Å²) in [5.41, 5.74) is 6.53. The lowest BCUT2D eigenvalue weighted by atomic mass is 10.0. The van der Waals surface area contributed by atoms with Crippen molar-refractivity contribution in [3.63, 3.8) is 0 Å². The van der Waals surface area contributed by atoms with Crippen LogP contribution in [0.1, 0.15) is 26.5 Å². The van der Waals surface area contributed by atoms with E-state index >= 15 is 0 Å². The third kappa shape index (κ3) is 2.25. The third-order valence-corrected chi connectivity index (χ3v) is 5.17. The quantitative estimate of drug-likeness (QED) is 0.665. The summed E-state index contributed by atoms with van der Waals surface area (Å²) in [7, 11) is 0. The molecule has 0 spiro atoms. The van der Waals surface area contributed by atoms with Crippen molar-refractivity contribution in [2.24, 2.45) is 5.92 Å². The fourth-order valence-corrected chi connectivity index (χ4v) is 3.43. The minimum atomic E-state index is -1.10. The molecule has 1 fully saturated rings. The summed E-state index contributed by atoms with van der Waals surface area (Å²) in [5, 5.41) is 0.184. The lowest BCUT2D eigenvalue weighted by Crippen LogP contribution is -2.29. The Balaban J connectivity index is 2.13. The molecule has 0 bridgehead atoms. The molecule has 21 heavy (non-hydrogen) atoms. The molecule has 1 aliphatic rings. The van der Waals surface area contributed by atoms with Crippen LogP contribution in [-0.4, -0.2) is 30.0 Å². The van der Waals surface area contributed by atoms with Crippen LogP contribution >= 0.6 is 34.8 Å². The number of nitrogens with zero attached hydrogens (tertiary/aromatic N) is 4. The van der Waals surface area contributed by atoms with Crippen molar-refractivity contribution in [2.45, 2.75) is 36.9 Å². The van der Waals surface area contributed by atoms with Gasteiger partial charge in [-0.2, -0.15) is 9.97 Å². The van der Waals surface area contributed by atoms with Crippen molar-refractivity contribution in [3.8, 4) is 0 Å². The Morgan fingerprint density at radius 3 is 2.76 bits per heavy atom. The summed E-state index contributed by atoms with van der Waals surface area (Å²) in [5.74, 6) is 0.0185. The summed E-state index contributed by atoms with van der Waals surface area (Å²) in [6, 6.07) is 0. The number of rotatable bonds is 2. The number of aromatic nitrogens is 4. The first kappa shape index (κ1) is 15.1. The number of hydrogen-bond donors (Lipinski definition) is 1. The molecule has 3 heterocycles. The number of nitrogen functional groups attached to an aromatic ring is 1. The van der Waals surface area contributed by atoms with Crippen molar-refractivity contribution in [1.29, 1.82) is 0 Å². The van der Waals surface area contributed by atoms with E-state index in [2.05, 4.69) is 15.0 Å². The van der Waals surface area contributed by atoms with Gasteiger partial charge >= 0.3 is 0 Å². The number of nitrogens with two attached hydrogens (primary N) is 1. The summed E-state index contributed by atoms with van der Waals surface area (Å²) in [6.07, 6.45) is 1.69. The molecule has 2 aromatic rings. The molecule has 0 saturated carbocycles. The molecule has 9 heteroatoms. The maximum atomic E-state index is 6.51. The standard InChI is InChI=1S/C12H14Cl3N5O/c1-3-6-5(2)12(14,15)10(21-6)20-4-17-7-8(13)18-11(16)19-9(7)20/h4-6,10H,3H2,1-2H3,(H2,16,18,19)/t5-,6-,10+/m1/s1. The summed E-state index contributed by atoms with van der Waals surface area (Å²) in [6.45, 7) is 3.99. The molecular weight excluding hydrogens is 337 g/mol. The van der Waals surface area contributed by atoms with Crippen LogP contribution in [0.5, 0.6) is 0 Å². The maximum absolute atomic E-state index is 6.51. The largest absolute Gasteiger partial charge is 0.368 e. The first-order valence-electron chi connectivity index (χ1n) is 6.55. The molecule has 0 aromatic carbocycles. The number of anilines is 1. The van der Waals surface area contributed by atoms with Gasteiger partial charge in [0.2, 0.25) is 5.95 Å². The highest BCUT2D eigenvalue weighted by Crippen LogP contribution is 2.51. The normalized spacial score (nSPS) is 28.3. The molecule has 1 aliphatic heterocycles. The molecule has 2 N–H and O–H groups in total.